The van der Waals surface area contributed by atoms with Gasteiger partial charge in [0.15, 0.2) is 17.3 Å². The lowest BCUT2D eigenvalue weighted by atomic mass is 10.0. The highest BCUT2D eigenvalue weighted by atomic mass is 32.2. The van der Waals surface area contributed by atoms with Crippen LogP contribution in [0, 0.1) is 20.8 Å². The second-order valence-electron chi connectivity index (χ2n) is 7.64. The molecule has 0 aliphatic carbocycles. The van der Waals surface area contributed by atoms with Crippen LogP contribution in [0.2, 0.25) is 0 Å². The highest BCUT2D eigenvalue weighted by molar-refractivity contribution is 7.89. The molecule has 10 heteroatoms. The van der Waals surface area contributed by atoms with Gasteiger partial charge in [0.05, 0.1) is 12.2 Å². The molecule has 0 spiro atoms. The summed E-state index contributed by atoms with van der Waals surface area (Å²) in [5.41, 5.74) is 2.88. The molecule has 30 heavy (non-hydrogen) atoms. The van der Waals surface area contributed by atoms with Crippen molar-refractivity contribution >= 4 is 21.6 Å². The van der Waals surface area contributed by atoms with Gasteiger partial charge in [0.1, 0.15) is 10.6 Å². The van der Waals surface area contributed by atoms with Crippen LogP contribution < -0.4 is 0 Å². The topological polar surface area (TPSA) is 117 Å². The van der Waals surface area contributed by atoms with Crippen LogP contribution in [-0.4, -0.2) is 72.1 Å². The summed E-state index contributed by atoms with van der Waals surface area (Å²) < 4.78 is 32.3. The first-order chi connectivity index (χ1) is 14.1. The van der Waals surface area contributed by atoms with E-state index >= 15 is 0 Å². The fourth-order valence-corrected chi connectivity index (χ4v) is 5.84. The van der Waals surface area contributed by atoms with E-state index in [4.69, 9.17) is 4.52 Å². The smallest absolute Gasteiger partial charge is 0.248 e. The molecule has 0 radical (unpaired) electrons. The minimum absolute atomic E-state index is 0.0576. The summed E-state index contributed by atoms with van der Waals surface area (Å²) in [7, 11) is -3.68. The molecule has 1 fully saturated rings. The van der Waals surface area contributed by atoms with Gasteiger partial charge in [-0.05, 0) is 39.7 Å². The standard InChI is InChI=1S/C20H28N4O5S/c1-6-16-18(14(4)25)12(2)21-19(16)17(26)11-23-7-9-24(10-8-23)30(27,28)20-13(3)22-29-15(20)5/h21H,6-11H2,1-5H3. The fourth-order valence-electron chi connectivity index (χ4n) is 4.13. The summed E-state index contributed by atoms with van der Waals surface area (Å²) in [6.07, 6.45) is 0.587. The number of hydrogen-bond acceptors (Lipinski definition) is 7. The van der Waals surface area contributed by atoms with E-state index in [1.807, 2.05) is 11.8 Å². The van der Waals surface area contributed by atoms with Crippen LogP contribution in [0.5, 0.6) is 0 Å². The molecule has 1 aliphatic heterocycles. The van der Waals surface area contributed by atoms with Crippen molar-refractivity contribution < 1.29 is 22.5 Å². The number of carbonyl (C=O) groups is 2. The number of carbonyl (C=O) groups excluding carboxylic acids is 2. The number of H-pyrrole nitrogens is 1. The number of aromatic amines is 1. The normalized spacial score (nSPS) is 16.2. The fraction of sp³-hybridized carbons (Fsp3) is 0.550. The number of aromatic nitrogens is 2. The molecular weight excluding hydrogens is 408 g/mol. The number of rotatable bonds is 7. The third-order valence-corrected chi connectivity index (χ3v) is 7.68. The van der Waals surface area contributed by atoms with Crippen molar-refractivity contribution in [3.05, 3.63) is 34.0 Å². The molecule has 3 rings (SSSR count). The van der Waals surface area contributed by atoms with Gasteiger partial charge in [-0.15, -0.1) is 0 Å². The predicted octanol–water partition coefficient (Wildman–Crippen LogP) is 1.88. The number of aryl methyl sites for hydroxylation is 3. The molecule has 1 aliphatic rings. The van der Waals surface area contributed by atoms with Crippen LogP contribution in [-0.2, 0) is 16.4 Å². The first-order valence-corrected chi connectivity index (χ1v) is 11.4. The molecule has 9 nitrogen and oxygen atoms in total. The van der Waals surface area contributed by atoms with Gasteiger partial charge < -0.3 is 9.51 Å². The highest BCUT2D eigenvalue weighted by Gasteiger charge is 2.34. The summed E-state index contributed by atoms with van der Waals surface area (Å²) in [5, 5.41) is 3.74. The first-order valence-electron chi connectivity index (χ1n) is 9.98. The van der Waals surface area contributed by atoms with Gasteiger partial charge in [-0.1, -0.05) is 12.1 Å². The van der Waals surface area contributed by atoms with Gasteiger partial charge in [-0.25, -0.2) is 8.42 Å². The molecule has 0 unspecified atom stereocenters. The summed E-state index contributed by atoms with van der Waals surface area (Å²) in [6.45, 7) is 10.0. The molecule has 2 aromatic rings. The lowest BCUT2D eigenvalue weighted by Gasteiger charge is -2.33. The van der Waals surface area contributed by atoms with Gasteiger partial charge in [0.25, 0.3) is 0 Å². The van der Waals surface area contributed by atoms with Crippen LogP contribution in [0.15, 0.2) is 9.42 Å². The molecule has 0 amide bonds. The Morgan fingerprint density at radius 1 is 1.13 bits per heavy atom. The maximum Gasteiger partial charge on any atom is 0.248 e. The van der Waals surface area contributed by atoms with Crippen LogP contribution in [0.25, 0.3) is 0 Å². The zero-order valence-corrected chi connectivity index (χ0v) is 18.9. The van der Waals surface area contributed by atoms with Gasteiger partial charge in [0.2, 0.25) is 10.0 Å². The van der Waals surface area contributed by atoms with Gasteiger partial charge in [-0.2, -0.15) is 4.31 Å². The van der Waals surface area contributed by atoms with Gasteiger partial charge in [0, 0.05) is 37.4 Å². The third kappa shape index (κ3) is 3.99. The second-order valence-corrected chi connectivity index (χ2v) is 9.52. The maximum absolute atomic E-state index is 12.9. The third-order valence-electron chi connectivity index (χ3n) is 5.54. The Morgan fingerprint density at radius 2 is 1.77 bits per heavy atom. The zero-order chi connectivity index (χ0) is 22.2. The molecule has 1 N–H and O–H groups in total. The highest BCUT2D eigenvalue weighted by Crippen LogP contribution is 2.25. The van der Waals surface area contributed by atoms with Crippen LogP contribution in [0.1, 0.15) is 57.4 Å². The number of hydrogen-bond donors (Lipinski definition) is 1. The molecule has 1 saturated heterocycles. The van der Waals surface area contributed by atoms with E-state index in [1.165, 1.54) is 11.2 Å². The molecule has 0 saturated carbocycles. The number of piperazine rings is 1. The average molecular weight is 437 g/mol. The molecule has 0 atom stereocenters. The minimum Gasteiger partial charge on any atom is -0.360 e. The summed E-state index contributed by atoms with van der Waals surface area (Å²) in [6, 6.07) is 0. The minimum atomic E-state index is -3.68. The van der Waals surface area contributed by atoms with Crippen molar-refractivity contribution in [3.8, 4) is 0 Å². The number of nitrogens with one attached hydrogen (secondary N) is 1. The van der Waals surface area contributed by atoms with Gasteiger partial charge >= 0.3 is 0 Å². The van der Waals surface area contributed by atoms with E-state index in [9.17, 15) is 18.0 Å². The Morgan fingerprint density at radius 3 is 2.27 bits per heavy atom. The second kappa shape index (κ2) is 8.44. The summed E-state index contributed by atoms with van der Waals surface area (Å²) >= 11 is 0. The van der Waals surface area contributed by atoms with Gasteiger partial charge in [-0.3, -0.25) is 14.5 Å². The lowest BCUT2D eigenvalue weighted by Crippen LogP contribution is -2.50. The largest absolute Gasteiger partial charge is 0.360 e. The predicted molar refractivity (Wildman–Crippen MR) is 110 cm³/mol. The van der Waals surface area contributed by atoms with E-state index < -0.39 is 10.0 Å². The molecule has 0 bridgehead atoms. The van der Waals surface area contributed by atoms with E-state index in [2.05, 4.69) is 10.1 Å². The van der Waals surface area contributed by atoms with E-state index in [1.54, 1.807) is 20.8 Å². The molecule has 2 aromatic heterocycles. The van der Waals surface area contributed by atoms with Crippen molar-refractivity contribution in [2.45, 2.75) is 45.9 Å². The van der Waals surface area contributed by atoms with Crippen molar-refractivity contribution in [3.63, 3.8) is 0 Å². The van der Waals surface area contributed by atoms with Crippen molar-refractivity contribution in [1.82, 2.24) is 19.3 Å². The SMILES string of the molecule is CCc1c(C(=O)CN2CCN(S(=O)(=O)c3c(C)noc3C)CC2)[nH]c(C)c1C(C)=O. The Kier molecular flexibility index (Phi) is 6.30. The van der Waals surface area contributed by atoms with Crippen molar-refractivity contribution in [1.29, 1.82) is 0 Å². The molecule has 3 heterocycles. The van der Waals surface area contributed by atoms with Crippen molar-refractivity contribution in [2.24, 2.45) is 0 Å². The van der Waals surface area contributed by atoms with E-state index in [-0.39, 0.29) is 41.9 Å². The molecular formula is C20H28N4O5S. The Balaban J connectivity index is 1.69. The number of nitrogens with zero attached hydrogens (tertiary/aromatic N) is 3. The quantitative estimate of drug-likeness (QED) is 0.659. The number of sulfonamides is 1. The Labute approximate surface area is 176 Å². The number of ketones is 2. The van der Waals surface area contributed by atoms with Crippen LogP contribution >= 0.6 is 0 Å². The Bertz CT molecular complexity index is 1060. The van der Waals surface area contributed by atoms with Crippen LogP contribution in [0.4, 0.5) is 0 Å². The molecule has 164 valence electrons. The summed E-state index contributed by atoms with van der Waals surface area (Å²) in [4.78, 5) is 30.0. The maximum atomic E-state index is 12.9. The summed E-state index contributed by atoms with van der Waals surface area (Å²) in [5.74, 6) is 0.128. The Hall–Kier alpha value is -2.30. The van der Waals surface area contributed by atoms with E-state index in [0.29, 0.717) is 42.2 Å². The molecule has 0 aromatic carbocycles. The number of Topliss-reactive ketones (excluding diaryl/α,β-unsaturated/α-hetero) is 2. The monoisotopic (exact) mass is 436 g/mol. The van der Waals surface area contributed by atoms with Crippen LogP contribution in [0.3, 0.4) is 0 Å². The zero-order valence-electron chi connectivity index (χ0n) is 18.0. The van der Waals surface area contributed by atoms with E-state index in [0.717, 1.165) is 5.56 Å². The first kappa shape index (κ1) is 22.4. The lowest BCUT2D eigenvalue weighted by molar-refractivity contribution is 0.0896. The average Bonchev–Trinajstić information content (AvgIpc) is 3.21. The van der Waals surface area contributed by atoms with Crippen molar-refractivity contribution in [2.75, 3.05) is 32.7 Å².